The fourth-order valence-corrected chi connectivity index (χ4v) is 4.17. The maximum atomic E-state index is 12.2. The molecule has 0 saturated carbocycles. The number of carbonyl (C=O) groups excluding carboxylic acids is 1. The molecule has 0 fully saturated rings. The molecule has 0 N–H and O–H groups in total. The molecule has 2 aromatic rings. The third kappa shape index (κ3) is 6.75. The number of benzene rings is 2. The first-order valence-electron chi connectivity index (χ1n) is 10.0. The molecular weight excluding hydrogens is 383 g/mol. The van der Waals surface area contributed by atoms with Crippen LogP contribution in [-0.4, -0.2) is 18.7 Å². The molecule has 0 aromatic heterocycles. The zero-order valence-electron chi connectivity index (χ0n) is 18.6. The lowest BCUT2D eigenvalue weighted by atomic mass is 9.86. The quantitative estimate of drug-likeness (QED) is 0.376. The number of hydrogen-bond donors (Lipinski definition) is 0. The van der Waals surface area contributed by atoms with Crippen molar-refractivity contribution < 1.29 is 18.6 Å². The Bertz CT molecular complexity index is 759. The second kappa shape index (κ2) is 9.63. The van der Waals surface area contributed by atoms with Crippen LogP contribution in [0.25, 0.3) is 0 Å². The third-order valence-electron chi connectivity index (χ3n) is 4.35. The highest BCUT2D eigenvalue weighted by atomic mass is 31.2. The Hall–Kier alpha value is -2.06. The zero-order valence-corrected chi connectivity index (χ0v) is 19.5. The van der Waals surface area contributed by atoms with Gasteiger partial charge in [-0.25, -0.2) is 0 Å². The molecule has 0 heterocycles. The summed E-state index contributed by atoms with van der Waals surface area (Å²) in [6.45, 7) is 15.0. The second-order valence-electron chi connectivity index (χ2n) is 8.97. The molecule has 0 aliphatic heterocycles. The lowest BCUT2D eigenvalue weighted by molar-refractivity contribution is -0.140. The Morgan fingerprint density at radius 2 is 1.21 bits per heavy atom. The van der Waals surface area contributed by atoms with E-state index in [1.807, 2.05) is 36.4 Å². The van der Waals surface area contributed by atoms with Crippen LogP contribution in [0.4, 0.5) is 0 Å². The Morgan fingerprint density at radius 3 is 1.59 bits per heavy atom. The maximum Gasteiger partial charge on any atom is 0.317 e. The van der Waals surface area contributed by atoms with Crippen molar-refractivity contribution in [3.05, 3.63) is 59.7 Å². The van der Waals surface area contributed by atoms with Crippen molar-refractivity contribution in [3.63, 3.8) is 0 Å². The van der Waals surface area contributed by atoms with E-state index in [9.17, 15) is 4.79 Å². The maximum absolute atomic E-state index is 12.2. The van der Waals surface area contributed by atoms with Gasteiger partial charge in [-0.15, -0.1) is 0 Å². The van der Waals surface area contributed by atoms with Crippen LogP contribution >= 0.6 is 8.38 Å². The summed E-state index contributed by atoms with van der Waals surface area (Å²) in [5, 5.41) is 0. The molecular formula is C24H33O4P. The summed E-state index contributed by atoms with van der Waals surface area (Å²) in [4.78, 5) is 12.2. The Kier molecular flexibility index (Phi) is 7.71. The topological polar surface area (TPSA) is 44.8 Å². The fourth-order valence-electron chi connectivity index (χ4n) is 2.95. The first kappa shape index (κ1) is 23.2. The summed E-state index contributed by atoms with van der Waals surface area (Å²) in [7, 11) is -1.57. The van der Waals surface area contributed by atoms with E-state index in [0.29, 0.717) is 6.61 Å². The standard InChI is InChI=1S/C24H33O4P/c1-8-26-22(25)17-29(27-20-15-11-9-13-18(20)23(2,3)4)28-21-16-12-10-14-19(21)24(5,6)7/h9-16H,8,17H2,1-7H3. The third-order valence-corrected chi connectivity index (χ3v) is 5.67. The predicted molar refractivity (Wildman–Crippen MR) is 120 cm³/mol. The van der Waals surface area contributed by atoms with Gasteiger partial charge in [0.05, 0.1) is 6.61 Å². The highest BCUT2D eigenvalue weighted by Crippen LogP contribution is 2.45. The molecule has 0 aliphatic rings. The van der Waals surface area contributed by atoms with E-state index in [4.69, 9.17) is 13.8 Å². The molecule has 158 valence electrons. The highest BCUT2D eigenvalue weighted by molar-refractivity contribution is 7.49. The molecule has 29 heavy (non-hydrogen) atoms. The molecule has 0 radical (unpaired) electrons. The van der Waals surface area contributed by atoms with E-state index in [2.05, 4.69) is 53.7 Å². The average Bonchev–Trinajstić information content (AvgIpc) is 2.61. The average molecular weight is 416 g/mol. The van der Waals surface area contributed by atoms with Crippen molar-refractivity contribution in [1.29, 1.82) is 0 Å². The first-order chi connectivity index (χ1) is 13.5. The van der Waals surface area contributed by atoms with E-state index in [1.54, 1.807) is 6.92 Å². The van der Waals surface area contributed by atoms with Crippen molar-refractivity contribution in [2.75, 3.05) is 12.8 Å². The van der Waals surface area contributed by atoms with Gasteiger partial charge in [-0.3, -0.25) is 4.79 Å². The van der Waals surface area contributed by atoms with Crippen LogP contribution < -0.4 is 9.05 Å². The molecule has 0 saturated heterocycles. The van der Waals surface area contributed by atoms with Crippen LogP contribution in [-0.2, 0) is 20.4 Å². The molecule has 0 bridgehead atoms. The van der Waals surface area contributed by atoms with E-state index in [-0.39, 0.29) is 23.0 Å². The van der Waals surface area contributed by atoms with E-state index >= 15 is 0 Å². The van der Waals surface area contributed by atoms with Crippen molar-refractivity contribution in [2.24, 2.45) is 0 Å². The minimum atomic E-state index is -1.57. The van der Waals surface area contributed by atoms with Gasteiger partial charge in [-0.05, 0) is 41.0 Å². The number of para-hydroxylation sites is 2. The van der Waals surface area contributed by atoms with Crippen molar-refractivity contribution >= 4 is 14.3 Å². The van der Waals surface area contributed by atoms with Crippen LogP contribution in [0.1, 0.15) is 59.6 Å². The van der Waals surface area contributed by atoms with Gasteiger partial charge in [0, 0.05) is 0 Å². The van der Waals surface area contributed by atoms with Crippen LogP contribution in [0.3, 0.4) is 0 Å². The highest BCUT2D eigenvalue weighted by Gasteiger charge is 2.27. The van der Waals surface area contributed by atoms with Gasteiger partial charge in [-0.1, -0.05) is 77.9 Å². The van der Waals surface area contributed by atoms with Gasteiger partial charge >= 0.3 is 14.3 Å². The number of ether oxygens (including phenoxy) is 1. The molecule has 0 aliphatic carbocycles. The molecule has 0 unspecified atom stereocenters. The van der Waals surface area contributed by atoms with Crippen molar-refractivity contribution in [1.82, 2.24) is 0 Å². The normalized spacial score (nSPS) is 12.0. The summed E-state index contributed by atoms with van der Waals surface area (Å²) in [6.07, 6.45) is 0.0696. The van der Waals surface area contributed by atoms with Crippen LogP contribution in [0, 0.1) is 0 Å². The van der Waals surface area contributed by atoms with Gasteiger partial charge in [-0.2, -0.15) is 0 Å². The van der Waals surface area contributed by atoms with Crippen molar-refractivity contribution in [3.8, 4) is 11.5 Å². The number of carbonyl (C=O) groups is 1. The summed E-state index contributed by atoms with van der Waals surface area (Å²) in [6, 6.07) is 15.8. The van der Waals surface area contributed by atoms with Crippen LogP contribution in [0.2, 0.25) is 0 Å². The van der Waals surface area contributed by atoms with Gasteiger partial charge < -0.3 is 13.8 Å². The minimum Gasteiger partial charge on any atom is -0.466 e. The monoisotopic (exact) mass is 416 g/mol. The lowest BCUT2D eigenvalue weighted by Crippen LogP contribution is -2.17. The SMILES string of the molecule is CCOC(=O)CP(Oc1ccccc1C(C)(C)C)Oc1ccccc1C(C)(C)C. The van der Waals surface area contributed by atoms with E-state index in [1.165, 1.54) is 0 Å². The number of rotatable bonds is 7. The Labute approximate surface area is 176 Å². The largest absolute Gasteiger partial charge is 0.466 e. The molecule has 5 heteroatoms. The predicted octanol–water partition coefficient (Wildman–Crippen LogP) is 6.61. The Morgan fingerprint density at radius 1 is 0.793 bits per heavy atom. The van der Waals surface area contributed by atoms with E-state index in [0.717, 1.165) is 22.6 Å². The molecule has 2 rings (SSSR count). The fraction of sp³-hybridized carbons (Fsp3) is 0.458. The molecule has 2 aromatic carbocycles. The smallest absolute Gasteiger partial charge is 0.317 e. The summed E-state index contributed by atoms with van der Waals surface area (Å²) >= 11 is 0. The van der Waals surface area contributed by atoms with E-state index < -0.39 is 8.38 Å². The molecule has 4 nitrogen and oxygen atoms in total. The van der Waals surface area contributed by atoms with Crippen LogP contribution in [0.15, 0.2) is 48.5 Å². The zero-order chi connectivity index (χ0) is 21.7. The Balaban J connectivity index is 2.37. The molecule has 0 amide bonds. The summed E-state index contributed by atoms with van der Waals surface area (Å²) in [5.74, 6) is 1.16. The summed E-state index contributed by atoms with van der Waals surface area (Å²) < 4.78 is 17.8. The van der Waals surface area contributed by atoms with Gasteiger partial charge in [0.25, 0.3) is 0 Å². The summed E-state index contributed by atoms with van der Waals surface area (Å²) in [5.41, 5.74) is 1.96. The van der Waals surface area contributed by atoms with Gasteiger partial charge in [0.2, 0.25) is 0 Å². The molecule has 0 spiro atoms. The lowest BCUT2D eigenvalue weighted by Gasteiger charge is -2.27. The second-order valence-corrected chi connectivity index (χ2v) is 10.3. The number of hydrogen-bond acceptors (Lipinski definition) is 4. The molecule has 0 atom stereocenters. The van der Waals surface area contributed by atoms with Crippen molar-refractivity contribution in [2.45, 2.75) is 59.3 Å². The first-order valence-corrected chi connectivity index (χ1v) is 11.4. The number of esters is 1. The van der Waals surface area contributed by atoms with Gasteiger partial charge in [0.15, 0.2) is 0 Å². The van der Waals surface area contributed by atoms with Gasteiger partial charge in [0.1, 0.15) is 17.7 Å². The minimum absolute atomic E-state index is 0.0696. The van der Waals surface area contributed by atoms with Crippen LogP contribution in [0.5, 0.6) is 11.5 Å².